The predicted molar refractivity (Wildman–Crippen MR) is 59.1 cm³/mol. The number of hydrogen-bond donors (Lipinski definition) is 1. The second-order valence-electron chi connectivity index (χ2n) is 4.08. The number of aromatic nitrogens is 1. The Morgan fingerprint density at radius 2 is 1.76 bits per heavy atom. The molecule has 0 aliphatic carbocycles. The van der Waals surface area contributed by atoms with Gasteiger partial charge in [0, 0.05) is 12.3 Å². The van der Waals surface area contributed by atoms with Crippen LogP contribution in [0.25, 0.3) is 0 Å². The van der Waals surface area contributed by atoms with Crippen LogP contribution < -0.4 is 15.2 Å². The number of pyridine rings is 1. The zero-order valence-electron chi connectivity index (χ0n) is 9.30. The highest BCUT2D eigenvalue weighted by Gasteiger charge is 2.25. The lowest BCUT2D eigenvalue weighted by molar-refractivity contribution is -0.0830. The summed E-state index contributed by atoms with van der Waals surface area (Å²) in [5, 5.41) is 0. The first-order chi connectivity index (χ1) is 8.33. The van der Waals surface area contributed by atoms with Crippen molar-refractivity contribution in [2.45, 2.75) is 12.2 Å². The molecule has 0 atom stereocenters. The van der Waals surface area contributed by atoms with E-state index in [1.807, 2.05) is 0 Å². The molecule has 0 radical (unpaired) electrons. The molecule has 1 aromatic heterocycles. The summed E-state index contributed by atoms with van der Waals surface area (Å²) >= 11 is 0. The molecule has 2 aliphatic heterocycles. The number of nitrogen functional groups attached to an aromatic ring is 1. The maximum absolute atomic E-state index is 5.94. The summed E-state index contributed by atoms with van der Waals surface area (Å²) in [6.07, 6.45) is 1.76. The van der Waals surface area contributed by atoms with Crippen LogP contribution >= 0.6 is 0 Å². The summed E-state index contributed by atoms with van der Waals surface area (Å²) in [6, 6.07) is 1.73. The fourth-order valence-corrected chi connectivity index (χ4v) is 1.54. The predicted octanol–water partition coefficient (Wildman–Crippen LogP) is 0.219. The van der Waals surface area contributed by atoms with Crippen LogP contribution in [0.1, 0.15) is 0 Å². The van der Waals surface area contributed by atoms with Crippen LogP contribution in [0.15, 0.2) is 12.3 Å². The maximum atomic E-state index is 5.94. The van der Waals surface area contributed by atoms with Gasteiger partial charge < -0.3 is 24.7 Å². The minimum atomic E-state index is 0.0482. The number of nitrogens with two attached hydrogens (primary N) is 1. The lowest BCUT2D eigenvalue weighted by Crippen LogP contribution is -2.39. The third-order valence-electron chi connectivity index (χ3n) is 2.70. The lowest BCUT2D eigenvalue weighted by Gasteiger charge is -2.29. The van der Waals surface area contributed by atoms with Crippen molar-refractivity contribution in [2.24, 2.45) is 0 Å². The summed E-state index contributed by atoms with van der Waals surface area (Å²) in [7, 11) is 0. The van der Waals surface area contributed by atoms with Gasteiger partial charge in [0.15, 0.2) is 0 Å². The van der Waals surface area contributed by atoms with Crippen molar-refractivity contribution in [1.29, 1.82) is 0 Å². The molecule has 6 heteroatoms. The van der Waals surface area contributed by atoms with Gasteiger partial charge in [0.2, 0.25) is 5.88 Å². The number of rotatable bonds is 4. The van der Waals surface area contributed by atoms with Gasteiger partial charge >= 0.3 is 0 Å². The molecule has 1 aromatic rings. The number of ether oxygens (including phenoxy) is 4. The molecule has 3 rings (SSSR count). The van der Waals surface area contributed by atoms with Gasteiger partial charge in [-0.25, -0.2) is 4.98 Å². The monoisotopic (exact) mass is 238 g/mol. The second-order valence-corrected chi connectivity index (χ2v) is 4.08. The summed E-state index contributed by atoms with van der Waals surface area (Å²) in [5.41, 5.74) is 6.38. The van der Waals surface area contributed by atoms with Crippen molar-refractivity contribution in [1.82, 2.24) is 4.98 Å². The van der Waals surface area contributed by atoms with E-state index in [0.717, 1.165) is 0 Å². The zero-order valence-corrected chi connectivity index (χ0v) is 9.30. The molecule has 6 nitrogen and oxygen atoms in total. The Morgan fingerprint density at radius 1 is 1.12 bits per heavy atom. The van der Waals surface area contributed by atoms with Crippen LogP contribution in [-0.4, -0.2) is 43.6 Å². The Kier molecular flexibility index (Phi) is 2.74. The van der Waals surface area contributed by atoms with Gasteiger partial charge in [-0.3, -0.25) is 0 Å². The minimum Gasteiger partial charge on any atom is -0.483 e. The number of anilines is 1. The molecule has 2 fully saturated rings. The first-order valence-corrected chi connectivity index (χ1v) is 5.56. The normalized spacial score (nSPS) is 20.5. The van der Waals surface area contributed by atoms with Crippen LogP contribution in [0.5, 0.6) is 11.6 Å². The Balaban J connectivity index is 1.71. The Bertz CT molecular complexity index is 370. The molecule has 0 unspecified atom stereocenters. The van der Waals surface area contributed by atoms with Crippen molar-refractivity contribution >= 4 is 5.69 Å². The minimum absolute atomic E-state index is 0.0482. The van der Waals surface area contributed by atoms with Crippen LogP contribution in [0.3, 0.4) is 0 Å². The van der Waals surface area contributed by atoms with E-state index < -0.39 is 0 Å². The highest BCUT2D eigenvalue weighted by molar-refractivity contribution is 5.59. The molecule has 2 N–H and O–H groups in total. The van der Waals surface area contributed by atoms with E-state index in [1.165, 1.54) is 0 Å². The fraction of sp³-hybridized carbons (Fsp3) is 0.545. The summed E-state index contributed by atoms with van der Waals surface area (Å²) in [5.74, 6) is 1.01. The first-order valence-electron chi connectivity index (χ1n) is 5.56. The lowest BCUT2D eigenvalue weighted by atomic mass is 10.3. The number of hydrogen-bond acceptors (Lipinski definition) is 6. The molecule has 0 amide bonds. The van der Waals surface area contributed by atoms with E-state index in [1.54, 1.807) is 12.3 Å². The quantitative estimate of drug-likeness (QED) is 0.808. The third-order valence-corrected chi connectivity index (χ3v) is 2.70. The molecular formula is C11H14N2O4. The molecule has 2 saturated heterocycles. The fourth-order valence-electron chi connectivity index (χ4n) is 1.54. The molecule has 17 heavy (non-hydrogen) atoms. The molecule has 3 heterocycles. The van der Waals surface area contributed by atoms with Crippen molar-refractivity contribution in [2.75, 3.05) is 32.2 Å². The van der Waals surface area contributed by atoms with E-state index in [4.69, 9.17) is 24.7 Å². The highest BCUT2D eigenvalue weighted by atomic mass is 16.6. The Labute approximate surface area is 98.6 Å². The highest BCUT2D eigenvalue weighted by Crippen LogP contribution is 2.31. The van der Waals surface area contributed by atoms with Gasteiger partial charge in [-0.1, -0.05) is 0 Å². The summed E-state index contributed by atoms with van der Waals surface area (Å²) < 4.78 is 21.3. The van der Waals surface area contributed by atoms with Gasteiger partial charge in [0.1, 0.15) is 23.6 Å². The van der Waals surface area contributed by atoms with Crippen molar-refractivity contribution in [3.8, 4) is 11.6 Å². The van der Waals surface area contributed by atoms with Crippen molar-refractivity contribution in [3.05, 3.63) is 12.3 Å². The molecule has 0 saturated carbocycles. The van der Waals surface area contributed by atoms with Gasteiger partial charge in [0.25, 0.3) is 0 Å². The van der Waals surface area contributed by atoms with Gasteiger partial charge in [0.05, 0.1) is 26.4 Å². The molecule has 0 aromatic carbocycles. The molecule has 2 aliphatic rings. The average Bonchev–Trinajstić information content (AvgIpc) is 2.21. The van der Waals surface area contributed by atoms with Crippen LogP contribution in [0.4, 0.5) is 5.69 Å². The summed E-state index contributed by atoms with van der Waals surface area (Å²) in [6.45, 7) is 2.38. The molecule has 0 spiro atoms. The van der Waals surface area contributed by atoms with Gasteiger partial charge in [-0.05, 0) is 0 Å². The van der Waals surface area contributed by atoms with E-state index in [9.17, 15) is 0 Å². The van der Waals surface area contributed by atoms with Crippen LogP contribution in [0.2, 0.25) is 0 Å². The Morgan fingerprint density at radius 3 is 2.35 bits per heavy atom. The average molecular weight is 238 g/mol. The van der Waals surface area contributed by atoms with Crippen molar-refractivity contribution in [3.63, 3.8) is 0 Å². The maximum Gasteiger partial charge on any atom is 0.241 e. The SMILES string of the molecule is Nc1c(OC2COC2)ccnc1OC1COC1. The van der Waals surface area contributed by atoms with Gasteiger partial charge in [-0.15, -0.1) is 0 Å². The summed E-state index contributed by atoms with van der Waals surface area (Å²) in [4.78, 5) is 4.10. The molecule has 0 bridgehead atoms. The van der Waals surface area contributed by atoms with E-state index >= 15 is 0 Å². The van der Waals surface area contributed by atoms with Gasteiger partial charge in [-0.2, -0.15) is 0 Å². The van der Waals surface area contributed by atoms with E-state index in [-0.39, 0.29) is 12.2 Å². The standard InChI is InChI=1S/C11H14N2O4/c12-10-9(16-7-3-14-4-7)1-2-13-11(10)17-8-5-15-6-8/h1-2,7-8H,3-6,12H2. The topological polar surface area (TPSA) is 75.8 Å². The zero-order chi connectivity index (χ0) is 11.7. The van der Waals surface area contributed by atoms with E-state index in [2.05, 4.69) is 4.98 Å². The van der Waals surface area contributed by atoms with Crippen molar-refractivity contribution < 1.29 is 18.9 Å². The smallest absolute Gasteiger partial charge is 0.241 e. The van der Waals surface area contributed by atoms with Crippen LogP contribution in [0, 0.1) is 0 Å². The second kappa shape index (κ2) is 4.38. The largest absolute Gasteiger partial charge is 0.483 e. The third kappa shape index (κ3) is 2.13. The molecular weight excluding hydrogens is 224 g/mol. The van der Waals surface area contributed by atoms with Crippen LogP contribution in [-0.2, 0) is 9.47 Å². The first kappa shape index (κ1) is 10.6. The van der Waals surface area contributed by atoms with E-state index in [0.29, 0.717) is 43.7 Å². The molecule has 92 valence electrons. The number of nitrogens with zero attached hydrogens (tertiary/aromatic N) is 1. The Hall–Kier alpha value is -1.53.